The van der Waals surface area contributed by atoms with Gasteiger partial charge in [0.05, 0.1) is 7.11 Å². The molecule has 3 nitrogen and oxygen atoms in total. The first-order valence-electron chi connectivity index (χ1n) is 5.80. The first kappa shape index (κ1) is 11.4. The van der Waals surface area contributed by atoms with Gasteiger partial charge in [-0.3, -0.25) is 4.90 Å². The van der Waals surface area contributed by atoms with Gasteiger partial charge in [-0.25, -0.2) is 0 Å². The summed E-state index contributed by atoms with van der Waals surface area (Å²) < 4.78 is 5.38. The van der Waals surface area contributed by atoms with E-state index in [1.54, 1.807) is 7.11 Å². The fraction of sp³-hybridized carbons (Fsp3) is 0.538. The summed E-state index contributed by atoms with van der Waals surface area (Å²) in [6.07, 6.45) is 1.11. The third-order valence-corrected chi connectivity index (χ3v) is 3.14. The number of nitrogens with zero attached hydrogens (tertiary/aromatic N) is 1. The van der Waals surface area contributed by atoms with Gasteiger partial charge in [-0.15, -0.1) is 0 Å². The van der Waals surface area contributed by atoms with E-state index < -0.39 is 0 Å². The molecule has 2 N–H and O–H groups in total. The molecular formula is C13H20N2O. The zero-order valence-electron chi connectivity index (χ0n) is 10.1. The Kier molecular flexibility index (Phi) is 3.46. The molecule has 0 unspecified atom stereocenters. The first-order chi connectivity index (χ1) is 7.69. The highest BCUT2D eigenvalue weighted by Crippen LogP contribution is 2.22. The molecule has 0 radical (unpaired) electrons. The molecule has 16 heavy (non-hydrogen) atoms. The van der Waals surface area contributed by atoms with Gasteiger partial charge in [-0.05, 0) is 19.4 Å². The van der Waals surface area contributed by atoms with Gasteiger partial charge < -0.3 is 10.5 Å². The van der Waals surface area contributed by atoms with Crippen LogP contribution in [0.3, 0.4) is 0 Å². The van der Waals surface area contributed by atoms with Gasteiger partial charge in [0.1, 0.15) is 5.75 Å². The Morgan fingerprint density at radius 2 is 2.31 bits per heavy atom. The van der Waals surface area contributed by atoms with E-state index >= 15 is 0 Å². The van der Waals surface area contributed by atoms with Gasteiger partial charge in [0.15, 0.2) is 0 Å². The van der Waals surface area contributed by atoms with Crippen molar-refractivity contribution >= 4 is 0 Å². The van der Waals surface area contributed by atoms with Gasteiger partial charge in [0, 0.05) is 31.2 Å². The van der Waals surface area contributed by atoms with E-state index in [-0.39, 0.29) is 0 Å². The molecule has 1 aromatic carbocycles. The number of likely N-dealkylation sites (tertiary alicyclic amines) is 1. The quantitative estimate of drug-likeness (QED) is 0.839. The van der Waals surface area contributed by atoms with Crippen molar-refractivity contribution in [1.82, 2.24) is 4.90 Å². The van der Waals surface area contributed by atoms with Crippen molar-refractivity contribution in [2.24, 2.45) is 5.73 Å². The van der Waals surface area contributed by atoms with Crippen LogP contribution in [0.2, 0.25) is 0 Å². The molecule has 1 heterocycles. The van der Waals surface area contributed by atoms with Crippen molar-refractivity contribution < 1.29 is 4.74 Å². The van der Waals surface area contributed by atoms with Crippen LogP contribution in [0.15, 0.2) is 18.2 Å². The van der Waals surface area contributed by atoms with E-state index in [1.165, 1.54) is 11.1 Å². The van der Waals surface area contributed by atoms with Crippen LogP contribution in [0, 0.1) is 6.92 Å². The van der Waals surface area contributed by atoms with Crippen molar-refractivity contribution in [2.45, 2.75) is 25.9 Å². The third kappa shape index (κ3) is 2.54. The Balaban J connectivity index is 2.10. The summed E-state index contributed by atoms with van der Waals surface area (Å²) in [6.45, 7) is 5.15. The van der Waals surface area contributed by atoms with E-state index in [2.05, 4.69) is 24.0 Å². The molecule has 0 aliphatic carbocycles. The van der Waals surface area contributed by atoms with Crippen molar-refractivity contribution in [3.05, 3.63) is 29.3 Å². The average Bonchev–Trinajstić information content (AvgIpc) is 2.64. The summed E-state index contributed by atoms with van der Waals surface area (Å²) in [4.78, 5) is 2.39. The lowest BCUT2D eigenvalue weighted by atomic mass is 10.1. The van der Waals surface area contributed by atoms with Crippen LogP contribution in [0.25, 0.3) is 0 Å². The minimum Gasteiger partial charge on any atom is -0.496 e. The van der Waals surface area contributed by atoms with E-state index in [4.69, 9.17) is 10.5 Å². The zero-order valence-corrected chi connectivity index (χ0v) is 10.1. The molecule has 88 valence electrons. The highest BCUT2D eigenvalue weighted by atomic mass is 16.5. The Bertz CT molecular complexity index is 365. The minimum absolute atomic E-state index is 0.343. The highest BCUT2D eigenvalue weighted by Gasteiger charge is 2.19. The molecule has 1 fully saturated rings. The van der Waals surface area contributed by atoms with Gasteiger partial charge in [-0.2, -0.15) is 0 Å². The van der Waals surface area contributed by atoms with Crippen LogP contribution in [0.1, 0.15) is 17.5 Å². The van der Waals surface area contributed by atoms with E-state index in [1.807, 2.05) is 6.07 Å². The molecule has 0 saturated carbocycles. The summed E-state index contributed by atoms with van der Waals surface area (Å²) in [7, 11) is 1.73. The van der Waals surface area contributed by atoms with E-state index in [0.717, 1.165) is 31.8 Å². The molecular weight excluding hydrogens is 200 g/mol. The monoisotopic (exact) mass is 220 g/mol. The summed E-state index contributed by atoms with van der Waals surface area (Å²) in [5.41, 5.74) is 8.44. The second-order valence-corrected chi connectivity index (χ2v) is 4.60. The van der Waals surface area contributed by atoms with E-state index in [0.29, 0.717) is 6.04 Å². The zero-order chi connectivity index (χ0) is 11.5. The fourth-order valence-electron chi connectivity index (χ4n) is 2.28. The summed E-state index contributed by atoms with van der Waals surface area (Å²) in [6, 6.07) is 6.66. The van der Waals surface area contributed by atoms with Crippen LogP contribution in [-0.2, 0) is 6.54 Å². The molecule has 1 aromatic rings. The largest absolute Gasteiger partial charge is 0.496 e. The van der Waals surface area contributed by atoms with Gasteiger partial charge in [-0.1, -0.05) is 17.7 Å². The third-order valence-electron chi connectivity index (χ3n) is 3.14. The average molecular weight is 220 g/mol. The Morgan fingerprint density at radius 3 is 2.94 bits per heavy atom. The second kappa shape index (κ2) is 4.85. The molecule has 2 rings (SSSR count). The molecule has 0 amide bonds. The molecule has 1 atom stereocenters. The van der Waals surface area contributed by atoms with Crippen molar-refractivity contribution in [3.63, 3.8) is 0 Å². The molecule has 3 heteroatoms. The number of nitrogens with two attached hydrogens (primary N) is 1. The predicted octanol–water partition coefficient (Wildman–Crippen LogP) is 1.54. The van der Waals surface area contributed by atoms with Crippen molar-refractivity contribution in [2.75, 3.05) is 20.2 Å². The number of hydrogen-bond donors (Lipinski definition) is 1. The lowest BCUT2D eigenvalue weighted by molar-refractivity contribution is 0.317. The van der Waals surface area contributed by atoms with Crippen LogP contribution >= 0.6 is 0 Å². The molecule has 0 spiro atoms. The molecule has 0 bridgehead atoms. The van der Waals surface area contributed by atoms with Crippen molar-refractivity contribution in [1.29, 1.82) is 0 Å². The number of rotatable bonds is 3. The smallest absolute Gasteiger partial charge is 0.123 e. The standard InChI is InChI=1S/C13H20N2O/c1-10-3-4-13(16-2)11(7-10)8-15-6-5-12(14)9-15/h3-4,7,12H,5-6,8-9,14H2,1-2H3/t12-/m1/s1. The molecule has 0 aromatic heterocycles. The normalized spacial score (nSPS) is 21.3. The lowest BCUT2D eigenvalue weighted by Gasteiger charge is -2.17. The fourth-order valence-corrected chi connectivity index (χ4v) is 2.28. The first-order valence-corrected chi connectivity index (χ1v) is 5.80. The maximum absolute atomic E-state index is 5.91. The number of methoxy groups -OCH3 is 1. The van der Waals surface area contributed by atoms with Gasteiger partial charge in [0.25, 0.3) is 0 Å². The van der Waals surface area contributed by atoms with Crippen molar-refractivity contribution in [3.8, 4) is 5.75 Å². The maximum atomic E-state index is 5.91. The number of ether oxygens (including phenoxy) is 1. The number of benzene rings is 1. The summed E-state index contributed by atoms with van der Waals surface area (Å²) >= 11 is 0. The summed E-state index contributed by atoms with van der Waals surface area (Å²) in [5, 5.41) is 0. The number of aryl methyl sites for hydroxylation is 1. The Hall–Kier alpha value is -1.06. The summed E-state index contributed by atoms with van der Waals surface area (Å²) in [5.74, 6) is 0.978. The highest BCUT2D eigenvalue weighted by molar-refractivity contribution is 5.36. The van der Waals surface area contributed by atoms with Crippen LogP contribution in [0.4, 0.5) is 0 Å². The second-order valence-electron chi connectivity index (χ2n) is 4.60. The van der Waals surface area contributed by atoms with Gasteiger partial charge in [0.2, 0.25) is 0 Å². The topological polar surface area (TPSA) is 38.5 Å². The Morgan fingerprint density at radius 1 is 1.50 bits per heavy atom. The number of hydrogen-bond acceptors (Lipinski definition) is 3. The molecule has 1 aliphatic rings. The Labute approximate surface area is 97.2 Å². The maximum Gasteiger partial charge on any atom is 0.123 e. The van der Waals surface area contributed by atoms with Gasteiger partial charge >= 0.3 is 0 Å². The molecule has 1 saturated heterocycles. The minimum atomic E-state index is 0.343. The van der Waals surface area contributed by atoms with Crippen LogP contribution < -0.4 is 10.5 Å². The SMILES string of the molecule is COc1ccc(C)cc1CN1CC[C@@H](N)C1. The molecule has 1 aliphatic heterocycles. The van der Waals surface area contributed by atoms with Crippen LogP contribution in [-0.4, -0.2) is 31.1 Å². The van der Waals surface area contributed by atoms with Crippen LogP contribution in [0.5, 0.6) is 5.75 Å². The predicted molar refractivity (Wildman–Crippen MR) is 65.6 cm³/mol. The lowest BCUT2D eigenvalue weighted by Crippen LogP contribution is -2.26. The van der Waals surface area contributed by atoms with E-state index in [9.17, 15) is 0 Å².